The van der Waals surface area contributed by atoms with Crippen molar-refractivity contribution < 1.29 is 36.2 Å². The SMILES string of the molecule is OC(C(F)(F)F)(C(F)(F)F)[C@]1(c2ccccc2)O[C@H]1c1ccccc1. The molecule has 2 aromatic rings. The zero-order valence-electron chi connectivity index (χ0n) is 12.5. The monoisotopic (exact) mass is 362 g/mol. The fourth-order valence-electron chi connectivity index (χ4n) is 3.05. The maximum absolute atomic E-state index is 13.5. The molecule has 0 bridgehead atoms. The van der Waals surface area contributed by atoms with Gasteiger partial charge in [-0.2, -0.15) is 26.3 Å². The van der Waals surface area contributed by atoms with Gasteiger partial charge in [0.1, 0.15) is 6.10 Å². The molecule has 1 N–H and O–H groups in total. The molecule has 25 heavy (non-hydrogen) atoms. The van der Waals surface area contributed by atoms with Crippen molar-refractivity contribution in [3.8, 4) is 0 Å². The Labute approximate surface area is 138 Å². The molecule has 1 aliphatic rings. The van der Waals surface area contributed by atoms with Crippen LogP contribution in [-0.2, 0) is 10.3 Å². The van der Waals surface area contributed by atoms with Crippen molar-refractivity contribution in [3.05, 3.63) is 71.8 Å². The third-order valence-electron chi connectivity index (χ3n) is 4.28. The van der Waals surface area contributed by atoms with Gasteiger partial charge in [-0.3, -0.25) is 0 Å². The molecule has 2 aromatic carbocycles. The van der Waals surface area contributed by atoms with Crippen molar-refractivity contribution in [1.29, 1.82) is 0 Å². The number of ether oxygens (including phenoxy) is 1. The van der Waals surface area contributed by atoms with Crippen LogP contribution in [0.1, 0.15) is 17.2 Å². The van der Waals surface area contributed by atoms with Crippen molar-refractivity contribution in [2.24, 2.45) is 0 Å². The molecule has 3 rings (SSSR count). The zero-order chi connectivity index (χ0) is 18.5. The molecule has 1 saturated heterocycles. The van der Waals surface area contributed by atoms with Gasteiger partial charge in [0.25, 0.3) is 5.60 Å². The minimum Gasteiger partial charge on any atom is -0.371 e. The van der Waals surface area contributed by atoms with Gasteiger partial charge in [-0.1, -0.05) is 60.7 Å². The summed E-state index contributed by atoms with van der Waals surface area (Å²) in [7, 11) is 0. The molecule has 1 aliphatic heterocycles. The first kappa shape index (κ1) is 17.8. The number of halogens is 6. The van der Waals surface area contributed by atoms with E-state index in [2.05, 4.69) is 0 Å². The fraction of sp³-hybridized carbons (Fsp3) is 0.294. The Hall–Kier alpha value is -2.06. The van der Waals surface area contributed by atoms with E-state index in [1.165, 1.54) is 42.5 Å². The van der Waals surface area contributed by atoms with Gasteiger partial charge < -0.3 is 9.84 Å². The summed E-state index contributed by atoms with van der Waals surface area (Å²) in [6, 6.07) is 13.4. The highest BCUT2D eigenvalue weighted by Crippen LogP contribution is 2.69. The summed E-state index contributed by atoms with van der Waals surface area (Å²) < 4.78 is 85.8. The highest BCUT2D eigenvalue weighted by Gasteiger charge is 2.88. The number of rotatable bonds is 3. The Balaban J connectivity index is 2.24. The highest BCUT2D eigenvalue weighted by molar-refractivity contribution is 5.41. The first-order chi connectivity index (χ1) is 11.6. The first-order valence-electron chi connectivity index (χ1n) is 7.20. The van der Waals surface area contributed by atoms with Crippen LogP contribution in [0.3, 0.4) is 0 Å². The Bertz CT molecular complexity index is 727. The molecular weight excluding hydrogens is 350 g/mol. The van der Waals surface area contributed by atoms with Gasteiger partial charge in [0.15, 0.2) is 5.60 Å². The lowest BCUT2D eigenvalue weighted by atomic mass is 9.76. The van der Waals surface area contributed by atoms with Gasteiger partial charge in [-0.05, 0) is 11.1 Å². The summed E-state index contributed by atoms with van der Waals surface area (Å²) in [5.41, 5.74) is -8.36. The summed E-state index contributed by atoms with van der Waals surface area (Å²) in [5.74, 6) is 0. The smallest absolute Gasteiger partial charge is 0.371 e. The van der Waals surface area contributed by atoms with E-state index in [4.69, 9.17) is 4.74 Å². The van der Waals surface area contributed by atoms with Crippen LogP contribution in [0.25, 0.3) is 0 Å². The molecule has 1 heterocycles. The van der Waals surface area contributed by atoms with Crippen molar-refractivity contribution in [1.82, 2.24) is 0 Å². The predicted molar refractivity (Wildman–Crippen MR) is 75.4 cm³/mol. The van der Waals surface area contributed by atoms with Crippen LogP contribution < -0.4 is 0 Å². The maximum atomic E-state index is 13.5. The molecule has 0 saturated carbocycles. The molecule has 0 radical (unpaired) electrons. The molecule has 2 nitrogen and oxygen atoms in total. The number of aliphatic hydroxyl groups is 1. The van der Waals surface area contributed by atoms with E-state index in [1.807, 2.05) is 0 Å². The molecular formula is C17H12F6O2. The van der Waals surface area contributed by atoms with Crippen molar-refractivity contribution >= 4 is 0 Å². The van der Waals surface area contributed by atoms with Crippen molar-refractivity contribution in [2.45, 2.75) is 29.7 Å². The normalized spacial score (nSPS) is 24.2. The maximum Gasteiger partial charge on any atom is 0.429 e. The van der Waals surface area contributed by atoms with E-state index in [-0.39, 0.29) is 5.56 Å². The van der Waals surface area contributed by atoms with E-state index >= 15 is 0 Å². The molecule has 8 heteroatoms. The van der Waals surface area contributed by atoms with Crippen LogP contribution >= 0.6 is 0 Å². The summed E-state index contributed by atoms with van der Waals surface area (Å²) in [4.78, 5) is 0. The van der Waals surface area contributed by atoms with E-state index in [1.54, 1.807) is 6.07 Å². The van der Waals surface area contributed by atoms with Gasteiger partial charge in [-0.15, -0.1) is 0 Å². The lowest BCUT2D eigenvalue weighted by molar-refractivity contribution is -0.389. The van der Waals surface area contributed by atoms with Crippen LogP contribution in [0.2, 0.25) is 0 Å². The Morgan fingerprint density at radius 1 is 0.760 bits per heavy atom. The molecule has 0 spiro atoms. The second-order valence-corrected chi connectivity index (χ2v) is 5.72. The Morgan fingerprint density at radius 2 is 1.20 bits per heavy atom. The van der Waals surface area contributed by atoms with Gasteiger partial charge in [-0.25, -0.2) is 0 Å². The number of epoxide rings is 1. The molecule has 1 fully saturated rings. The Kier molecular flexibility index (Phi) is 3.88. The number of benzene rings is 2. The quantitative estimate of drug-likeness (QED) is 0.644. The highest BCUT2D eigenvalue weighted by atomic mass is 19.4. The number of hydrogen-bond donors (Lipinski definition) is 1. The minimum absolute atomic E-state index is 0.110. The number of alkyl halides is 6. The second-order valence-electron chi connectivity index (χ2n) is 5.72. The van der Waals surface area contributed by atoms with E-state index < -0.39 is 35.2 Å². The molecule has 2 atom stereocenters. The molecule has 0 aromatic heterocycles. The van der Waals surface area contributed by atoms with Crippen LogP contribution in [-0.4, -0.2) is 23.1 Å². The predicted octanol–water partition coefficient (Wildman–Crippen LogP) is 4.51. The summed E-state index contributed by atoms with van der Waals surface area (Å²) in [6.07, 6.45) is -13.6. The third kappa shape index (κ3) is 2.43. The van der Waals surface area contributed by atoms with Crippen LogP contribution in [0.15, 0.2) is 60.7 Å². The van der Waals surface area contributed by atoms with E-state index in [9.17, 15) is 31.4 Å². The second kappa shape index (κ2) is 5.47. The molecule has 0 amide bonds. The lowest BCUT2D eigenvalue weighted by Crippen LogP contribution is -2.65. The van der Waals surface area contributed by atoms with E-state index in [0.717, 1.165) is 12.1 Å². The van der Waals surface area contributed by atoms with Gasteiger partial charge in [0.05, 0.1) is 0 Å². The number of hydrogen-bond acceptors (Lipinski definition) is 2. The summed E-state index contributed by atoms with van der Waals surface area (Å²) >= 11 is 0. The average Bonchev–Trinajstić information content (AvgIpc) is 3.31. The molecule has 0 unspecified atom stereocenters. The van der Waals surface area contributed by atoms with Crippen molar-refractivity contribution in [3.63, 3.8) is 0 Å². The fourth-order valence-corrected chi connectivity index (χ4v) is 3.05. The lowest BCUT2D eigenvalue weighted by Gasteiger charge is -2.37. The standard InChI is InChI=1S/C17H12F6O2/c18-16(19,20)15(24,17(21,22)23)14(12-9-5-2-6-10-12)13(25-14)11-7-3-1-4-8-11/h1-10,13,24H/t13-,14+/m0/s1. The average molecular weight is 362 g/mol. The van der Waals surface area contributed by atoms with E-state index in [0.29, 0.717) is 0 Å². The largest absolute Gasteiger partial charge is 0.429 e. The summed E-state index contributed by atoms with van der Waals surface area (Å²) in [5, 5.41) is 9.98. The van der Waals surface area contributed by atoms with Crippen molar-refractivity contribution in [2.75, 3.05) is 0 Å². The topological polar surface area (TPSA) is 32.8 Å². The summed E-state index contributed by atoms with van der Waals surface area (Å²) in [6.45, 7) is 0. The molecule has 134 valence electrons. The van der Waals surface area contributed by atoms with Gasteiger partial charge >= 0.3 is 12.4 Å². The van der Waals surface area contributed by atoms with Gasteiger partial charge in [0.2, 0.25) is 0 Å². The minimum atomic E-state index is -6.00. The van der Waals surface area contributed by atoms with Crippen LogP contribution in [0, 0.1) is 0 Å². The first-order valence-corrected chi connectivity index (χ1v) is 7.20. The Morgan fingerprint density at radius 3 is 1.64 bits per heavy atom. The third-order valence-corrected chi connectivity index (χ3v) is 4.28. The molecule has 0 aliphatic carbocycles. The van der Waals surface area contributed by atoms with Crippen LogP contribution in [0.4, 0.5) is 26.3 Å². The van der Waals surface area contributed by atoms with Gasteiger partial charge in [0, 0.05) is 0 Å². The zero-order valence-corrected chi connectivity index (χ0v) is 12.5. The van der Waals surface area contributed by atoms with Crippen LogP contribution in [0.5, 0.6) is 0 Å².